The molecule has 1 saturated carbocycles. The van der Waals surface area contributed by atoms with Crippen molar-refractivity contribution in [1.82, 2.24) is 10.2 Å². The Morgan fingerprint density at radius 3 is 2.55 bits per heavy atom. The minimum atomic E-state index is -1.19. The Morgan fingerprint density at radius 2 is 1.95 bits per heavy atom. The maximum Gasteiger partial charge on any atom is 0.252 e. The molecule has 5 heteroatoms. The summed E-state index contributed by atoms with van der Waals surface area (Å²) in [5, 5.41) is 22.8. The van der Waals surface area contributed by atoms with E-state index >= 15 is 0 Å². The molecule has 2 aliphatic rings. The van der Waals surface area contributed by atoms with E-state index in [1.54, 1.807) is 0 Å². The van der Waals surface area contributed by atoms with Crippen LogP contribution in [0.1, 0.15) is 45.4 Å². The number of likely N-dealkylation sites (tertiary alicyclic amines) is 1. The third-order valence-corrected chi connectivity index (χ3v) is 4.70. The highest BCUT2D eigenvalue weighted by Crippen LogP contribution is 2.29. The first-order valence-corrected chi connectivity index (χ1v) is 7.91. The zero-order valence-electron chi connectivity index (χ0n) is 12.5. The van der Waals surface area contributed by atoms with E-state index in [1.165, 1.54) is 12.8 Å². The van der Waals surface area contributed by atoms with E-state index in [1.807, 2.05) is 0 Å². The molecule has 3 N–H and O–H groups in total. The highest BCUT2D eigenvalue weighted by atomic mass is 16.3. The van der Waals surface area contributed by atoms with Crippen molar-refractivity contribution in [3.05, 3.63) is 0 Å². The van der Waals surface area contributed by atoms with Crippen LogP contribution in [0.5, 0.6) is 0 Å². The van der Waals surface area contributed by atoms with Crippen LogP contribution in [0.15, 0.2) is 0 Å². The number of amides is 1. The maximum absolute atomic E-state index is 11.9. The first-order valence-electron chi connectivity index (χ1n) is 7.91. The Hall–Kier alpha value is -0.650. The van der Waals surface area contributed by atoms with Gasteiger partial charge in [0.25, 0.3) is 5.91 Å². The van der Waals surface area contributed by atoms with Crippen molar-refractivity contribution in [2.45, 2.75) is 57.2 Å². The summed E-state index contributed by atoms with van der Waals surface area (Å²) in [7, 11) is 0. The molecule has 0 aromatic rings. The fourth-order valence-corrected chi connectivity index (χ4v) is 3.17. The standard InChI is InChI=1S/C15H28N2O3/c1-12-4-8-17(9-5-12)11-13(18)10-16-14(19)15(20)6-2-3-7-15/h12-13,18,20H,2-11H2,1H3,(H,16,19). The van der Waals surface area contributed by atoms with E-state index in [2.05, 4.69) is 17.1 Å². The van der Waals surface area contributed by atoms with Gasteiger partial charge in [0.05, 0.1) is 6.10 Å². The van der Waals surface area contributed by atoms with Gasteiger partial charge in [-0.1, -0.05) is 6.92 Å². The monoisotopic (exact) mass is 284 g/mol. The summed E-state index contributed by atoms with van der Waals surface area (Å²) < 4.78 is 0. The average molecular weight is 284 g/mol. The quantitative estimate of drug-likeness (QED) is 0.687. The van der Waals surface area contributed by atoms with E-state index in [-0.39, 0.29) is 12.5 Å². The van der Waals surface area contributed by atoms with Crippen molar-refractivity contribution in [1.29, 1.82) is 0 Å². The molecule has 0 radical (unpaired) electrons. The van der Waals surface area contributed by atoms with Crippen LogP contribution in [-0.2, 0) is 4.79 Å². The lowest BCUT2D eigenvalue weighted by Crippen LogP contribution is -2.49. The van der Waals surface area contributed by atoms with Crippen molar-refractivity contribution in [2.75, 3.05) is 26.2 Å². The highest BCUT2D eigenvalue weighted by molar-refractivity contribution is 5.85. The molecule has 1 amide bonds. The van der Waals surface area contributed by atoms with Crippen molar-refractivity contribution in [3.63, 3.8) is 0 Å². The Morgan fingerprint density at radius 1 is 1.35 bits per heavy atom. The summed E-state index contributed by atoms with van der Waals surface area (Å²) in [6, 6.07) is 0. The van der Waals surface area contributed by atoms with Gasteiger partial charge in [-0.15, -0.1) is 0 Å². The number of nitrogens with one attached hydrogen (secondary N) is 1. The Labute approximate surface area is 121 Å². The van der Waals surface area contributed by atoms with Gasteiger partial charge in [0.2, 0.25) is 0 Å². The molecule has 0 aromatic carbocycles. The Balaban J connectivity index is 1.67. The van der Waals surface area contributed by atoms with Crippen LogP contribution in [0.3, 0.4) is 0 Å². The molecule has 0 aromatic heterocycles. The van der Waals surface area contributed by atoms with Gasteiger partial charge < -0.3 is 20.4 Å². The molecule has 0 bridgehead atoms. The van der Waals surface area contributed by atoms with Gasteiger partial charge in [-0.2, -0.15) is 0 Å². The molecule has 5 nitrogen and oxygen atoms in total. The van der Waals surface area contributed by atoms with E-state index in [4.69, 9.17) is 0 Å². The summed E-state index contributed by atoms with van der Waals surface area (Å²) in [4.78, 5) is 14.2. The lowest BCUT2D eigenvalue weighted by Gasteiger charge is -2.32. The molecule has 1 saturated heterocycles. The van der Waals surface area contributed by atoms with E-state index < -0.39 is 11.7 Å². The minimum Gasteiger partial charge on any atom is -0.390 e. The van der Waals surface area contributed by atoms with Crippen molar-refractivity contribution >= 4 is 5.91 Å². The summed E-state index contributed by atoms with van der Waals surface area (Å²) >= 11 is 0. The molecular formula is C15H28N2O3. The average Bonchev–Trinajstić information content (AvgIpc) is 2.87. The Kier molecular flexibility index (Phi) is 5.41. The Bertz CT molecular complexity index is 321. The molecule has 1 heterocycles. The van der Waals surface area contributed by atoms with Crippen molar-refractivity contribution in [2.24, 2.45) is 5.92 Å². The van der Waals surface area contributed by atoms with Crippen LogP contribution in [0.25, 0.3) is 0 Å². The lowest BCUT2D eigenvalue weighted by molar-refractivity contribution is -0.139. The second-order valence-corrected chi connectivity index (χ2v) is 6.59. The number of hydrogen-bond donors (Lipinski definition) is 3. The topological polar surface area (TPSA) is 72.8 Å². The van der Waals surface area contributed by atoms with Gasteiger partial charge in [0, 0.05) is 13.1 Å². The normalized spacial score (nSPS) is 25.6. The molecule has 1 aliphatic carbocycles. The summed E-state index contributed by atoms with van der Waals surface area (Å²) in [6.07, 6.45) is 4.68. The number of hydrogen-bond acceptors (Lipinski definition) is 4. The molecule has 2 fully saturated rings. The van der Waals surface area contributed by atoms with E-state index in [9.17, 15) is 15.0 Å². The molecule has 20 heavy (non-hydrogen) atoms. The number of β-amino-alcohol motifs (C(OH)–C–C–N with tert-alkyl or cyclic N) is 1. The van der Waals surface area contributed by atoms with Crippen LogP contribution in [0, 0.1) is 5.92 Å². The maximum atomic E-state index is 11.9. The SMILES string of the molecule is CC1CCN(CC(O)CNC(=O)C2(O)CCCC2)CC1. The van der Waals surface area contributed by atoms with E-state index in [0.29, 0.717) is 19.4 Å². The van der Waals surface area contributed by atoms with Gasteiger partial charge in [-0.3, -0.25) is 4.79 Å². The number of aliphatic hydroxyl groups is 2. The fourth-order valence-electron chi connectivity index (χ4n) is 3.17. The van der Waals surface area contributed by atoms with Gasteiger partial charge in [0.15, 0.2) is 0 Å². The second kappa shape index (κ2) is 6.87. The number of piperidine rings is 1. The number of carbonyl (C=O) groups is 1. The van der Waals surface area contributed by atoms with Crippen LogP contribution in [0.4, 0.5) is 0 Å². The second-order valence-electron chi connectivity index (χ2n) is 6.59. The molecule has 1 unspecified atom stereocenters. The summed E-state index contributed by atoms with van der Waals surface area (Å²) in [6.45, 7) is 5.14. The van der Waals surface area contributed by atoms with Crippen molar-refractivity contribution < 1.29 is 15.0 Å². The molecule has 2 rings (SSSR count). The largest absolute Gasteiger partial charge is 0.390 e. The number of rotatable bonds is 5. The zero-order valence-corrected chi connectivity index (χ0v) is 12.5. The van der Waals surface area contributed by atoms with Gasteiger partial charge in [-0.25, -0.2) is 0 Å². The summed E-state index contributed by atoms with van der Waals surface area (Å²) in [5.74, 6) is 0.459. The molecule has 0 spiro atoms. The van der Waals surface area contributed by atoms with Gasteiger partial charge >= 0.3 is 0 Å². The van der Waals surface area contributed by atoms with Crippen LogP contribution in [-0.4, -0.2) is 58.9 Å². The first kappa shape index (κ1) is 15.7. The predicted octanol–water partition coefficient (Wildman–Crippen LogP) is 0.500. The predicted molar refractivity (Wildman–Crippen MR) is 77.3 cm³/mol. The smallest absolute Gasteiger partial charge is 0.252 e. The van der Waals surface area contributed by atoms with Crippen LogP contribution in [0.2, 0.25) is 0 Å². The molecular weight excluding hydrogens is 256 g/mol. The van der Waals surface area contributed by atoms with Gasteiger partial charge in [-0.05, 0) is 57.5 Å². The minimum absolute atomic E-state index is 0.229. The number of aliphatic hydroxyl groups excluding tert-OH is 1. The molecule has 1 aliphatic heterocycles. The third kappa shape index (κ3) is 4.17. The van der Waals surface area contributed by atoms with E-state index in [0.717, 1.165) is 31.8 Å². The molecule has 1 atom stereocenters. The van der Waals surface area contributed by atoms with Crippen LogP contribution < -0.4 is 5.32 Å². The van der Waals surface area contributed by atoms with Gasteiger partial charge in [0.1, 0.15) is 5.60 Å². The zero-order chi connectivity index (χ0) is 14.6. The highest BCUT2D eigenvalue weighted by Gasteiger charge is 2.38. The third-order valence-electron chi connectivity index (χ3n) is 4.70. The lowest BCUT2D eigenvalue weighted by atomic mass is 9.99. The summed E-state index contributed by atoms with van der Waals surface area (Å²) in [5.41, 5.74) is -1.19. The first-order chi connectivity index (χ1) is 9.49. The van der Waals surface area contributed by atoms with Crippen LogP contribution >= 0.6 is 0 Å². The number of nitrogens with zero attached hydrogens (tertiary/aromatic N) is 1. The number of carbonyl (C=O) groups excluding carboxylic acids is 1. The fraction of sp³-hybridized carbons (Fsp3) is 0.933. The van der Waals surface area contributed by atoms with Crippen molar-refractivity contribution in [3.8, 4) is 0 Å². The molecule has 116 valence electrons.